The summed E-state index contributed by atoms with van der Waals surface area (Å²) in [5, 5.41) is 3.95. The molecule has 2 aromatic carbocycles. The lowest BCUT2D eigenvalue weighted by Gasteiger charge is -2.13. The molecule has 0 unspecified atom stereocenters. The molecular weight excluding hydrogens is 447 g/mol. The maximum atomic E-state index is 11.6. The van der Waals surface area contributed by atoms with E-state index in [9.17, 15) is 9.59 Å². The fourth-order valence-electron chi connectivity index (χ4n) is 3.07. The molecule has 8 heteroatoms. The molecule has 2 amide bonds. The number of likely N-dealkylation sites (N-methyl/N-ethyl adjacent to an activating group) is 1. The van der Waals surface area contributed by atoms with E-state index in [-0.39, 0.29) is 5.91 Å². The van der Waals surface area contributed by atoms with Crippen molar-refractivity contribution < 1.29 is 9.59 Å². The normalized spacial score (nSPS) is 10.1. The first-order chi connectivity index (χ1) is 15.1. The fourth-order valence-corrected chi connectivity index (χ4v) is 3.46. The van der Waals surface area contributed by atoms with E-state index >= 15 is 0 Å². The van der Waals surface area contributed by atoms with E-state index in [1.54, 1.807) is 43.4 Å². The molecule has 0 aliphatic heterocycles. The topological polar surface area (TPSA) is 75.2 Å². The smallest absolute Gasteiger partial charge is 0.226 e. The van der Waals surface area contributed by atoms with E-state index in [4.69, 9.17) is 23.2 Å². The Kier molecular flexibility index (Phi) is 9.17. The minimum absolute atomic E-state index is 0.0693. The van der Waals surface area contributed by atoms with Crippen LogP contribution in [0.2, 0.25) is 10.0 Å². The zero-order valence-corrected chi connectivity index (χ0v) is 20.3. The Hall–Kier alpha value is -2.96. The number of rotatable bonds is 5. The number of nitrogens with one attached hydrogen (secondary N) is 1. The Balaban J connectivity index is 0.000000228. The molecule has 1 N–H and O–H groups in total. The van der Waals surface area contributed by atoms with Crippen molar-refractivity contribution in [3.63, 3.8) is 0 Å². The number of nitrogens with zero attached hydrogens (tertiary/aromatic N) is 3. The summed E-state index contributed by atoms with van der Waals surface area (Å²) >= 11 is 12.0. The fraction of sp³-hybridized carbons (Fsp3) is 0.250. The van der Waals surface area contributed by atoms with Crippen LogP contribution in [0.3, 0.4) is 0 Å². The highest BCUT2D eigenvalue weighted by Crippen LogP contribution is 2.29. The predicted molar refractivity (Wildman–Crippen MR) is 130 cm³/mol. The number of anilines is 1. The van der Waals surface area contributed by atoms with Gasteiger partial charge in [0, 0.05) is 36.6 Å². The summed E-state index contributed by atoms with van der Waals surface area (Å²) in [5.41, 5.74) is 5.35. The van der Waals surface area contributed by atoms with Crippen molar-refractivity contribution in [2.75, 3.05) is 19.4 Å². The molecule has 3 rings (SSSR count). The van der Waals surface area contributed by atoms with Crippen LogP contribution in [0.1, 0.15) is 22.5 Å². The molecule has 3 aromatic rings. The van der Waals surface area contributed by atoms with Crippen molar-refractivity contribution in [1.82, 2.24) is 14.9 Å². The average molecular weight is 473 g/mol. The summed E-state index contributed by atoms with van der Waals surface area (Å²) in [5.74, 6) is 0.781. The lowest BCUT2D eigenvalue weighted by Crippen LogP contribution is -2.23. The summed E-state index contributed by atoms with van der Waals surface area (Å²) in [6, 6.07) is 11.0. The second-order valence-electron chi connectivity index (χ2n) is 7.45. The molecule has 32 heavy (non-hydrogen) atoms. The molecule has 0 aliphatic rings. The average Bonchev–Trinajstić information content (AvgIpc) is 2.73. The van der Waals surface area contributed by atoms with Crippen LogP contribution in [-0.2, 0) is 16.0 Å². The summed E-state index contributed by atoms with van der Waals surface area (Å²) in [6.07, 6.45) is 2.75. The molecular formula is C24H26Cl2N4O2. The van der Waals surface area contributed by atoms with Gasteiger partial charge in [-0.3, -0.25) is 9.59 Å². The summed E-state index contributed by atoms with van der Waals surface area (Å²) < 4.78 is 0. The Bertz CT molecular complexity index is 1090. The van der Waals surface area contributed by atoms with E-state index in [0.717, 1.165) is 33.6 Å². The summed E-state index contributed by atoms with van der Waals surface area (Å²) in [6.45, 7) is 5.67. The lowest BCUT2D eigenvalue weighted by molar-refractivity contribution is -0.127. The van der Waals surface area contributed by atoms with Gasteiger partial charge in [0.05, 0.1) is 17.1 Å². The van der Waals surface area contributed by atoms with Crippen molar-refractivity contribution in [1.29, 1.82) is 0 Å². The molecule has 0 spiro atoms. The van der Waals surface area contributed by atoms with E-state index in [0.29, 0.717) is 28.7 Å². The number of benzene rings is 2. The van der Waals surface area contributed by atoms with E-state index in [2.05, 4.69) is 15.3 Å². The Morgan fingerprint density at radius 3 is 2.28 bits per heavy atom. The highest BCUT2D eigenvalue weighted by molar-refractivity contribution is 6.35. The summed E-state index contributed by atoms with van der Waals surface area (Å²) in [7, 11) is 3.48. The van der Waals surface area contributed by atoms with Crippen LogP contribution in [-0.4, -0.2) is 41.3 Å². The molecule has 0 aliphatic carbocycles. The molecule has 6 nitrogen and oxygen atoms in total. The molecule has 0 fully saturated rings. The highest BCUT2D eigenvalue weighted by Gasteiger charge is 2.09. The monoisotopic (exact) mass is 472 g/mol. The van der Waals surface area contributed by atoms with Gasteiger partial charge in [-0.1, -0.05) is 35.3 Å². The van der Waals surface area contributed by atoms with Crippen LogP contribution in [0.4, 0.5) is 5.69 Å². The number of aryl methyl sites for hydroxylation is 3. The third kappa shape index (κ3) is 7.04. The Morgan fingerprint density at radius 2 is 1.72 bits per heavy atom. The Morgan fingerprint density at radius 1 is 1.06 bits per heavy atom. The molecule has 0 saturated carbocycles. The van der Waals surface area contributed by atoms with Crippen molar-refractivity contribution in [3.8, 4) is 11.3 Å². The molecule has 1 aromatic heterocycles. The van der Waals surface area contributed by atoms with Crippen molar-refractivity contribution >= 4 is 41.2 Å². The SMILES string of the molecule is Cc1cc(CC(=O)N(C)C)cc(C)c1NC=O.Cc1nccc(-c2cc(Cl)ccc2Cl)n1. The first-order valence-electron chi connectivity index (χ1n) is 9.88. The third-order valence-electron chi connectivity index (χ3n) is 4.63. The maximum absolute atomic E-state index is 11.6. The van der Waals surface area contributed by atoms with Crippen LogP contribution in [0.15, 0.2) is 42.6 Å². The van der Waals surface area contributed by atoms with E-state index in [1.807, 2.05) is 39.0 Å². The zero-order chi connectivity index (χ0) is 23.8. The predicted octanol–water partition coefficient (Wildman–Crippen LogP) is 5.26. The minimum Gasteiger partial charge on any atom is -0.349 e. The number of carbonyl (C=O) groups is 2. The standard InChI is InChI=1S/C13H18N2O2.C11H8Cl2N2/c1-9-5-11(7-12(17)15(3)4)6-10(2)13(9)14-8-16;1-7-14-5-4-11(15-7)9-6-8(12)2-3-10(9)13/h5-6,8H,7H2,1-4H3,(H,14,16);2-6H,1H3. The van der Waals surface area contributed by atoms with Crippen molar-refractivity contribution in [2.45, 2.75) is 27.2 Å². The molecule has 168 valence electrons. The van der Waals surface area contributed by atoms with Gasteiger partial charge >= 0.3 is 0 Å². The number of amides is 2. The number of hydrogen-bond donors (Lipinski definition) is 1. The molecule has 0 atom stereocenters. The van der Waals surface area contributed by atoms with Gasteiger partial charge in [0.1, 0.15) is 5.82 Å². The minimum atomic E-state index is 0.0693. The first-order valence-corrected chi connectivity index (χ1v) is 10.6. The number of halogens is 2. The largest absolute Gasteiger partial charge is 0.349 e. The van der Waals surface area contributed by atoms with Gasteiger partial charge in [0.25, 0.3) is 0 Å². The molecule has 0 saturated heterocycles. The molecule has 0 bridgehead atoms. The zero-order valence-electron chi connectivity index (χ0n) is 18.7. The van der Waals surface area contributed by atoms with E-state index in [1.165, 1.54) is 0 Å². The van der Waals surface area contributed by atoms with Gasteiger partial charge in [-0.15, -0.1) is 0 Å². The first kappa shape index (κ1) is 25.3. The maximum Gasteiger partial charge on any atom is 0.226 e. The van der Waals surface area contributed by atoms with Crippen LogP contribution in [0, 0.1) is 20.8 Å². The Labute approximate surface area is 198 Å². The second kappa shape index (κ2) is 11.6. The molecule has 0 radical (unpaired) electrons. The quantitative estimate of drug-likeness (QED) is 0.513. The van der Waals surface area contributed by atoms with Gasteiger partial charge in [-0.2, -0.15) is 0 Å². The van der Waals surface area contributed by atoms with Gasteiger partial charge < -0.3 is 10.2 Å². The van der Waals surface area contributed by atoms with Crippen LogP contribution >= 0.6 is 23.2 Å². The van der Waals surface area contributed by atoms with Gasteiger partial charge in [-0.05, 0) is 61.7 Å². The summed E-state index contributed by atoms with van der Waals surface area (Å²) in [4.78, 5) is 32.0. The van der Waals surface area contributed by atoms with Gasteiger partial charge in [0.15, 0.2) is 0 Å². The van der Waals surface area contributed by atoms with Crippen molar-refractivity contribution in [3.05, 3.63) is 75.2 Å². The van der Waals surface area contributed by atoms with Crippen LogP contribution in [0.25, 0.3) is 11.3 Å². The van der Waals surface area contributed by atoms with Crippen LogP contribution < -0.4 is 5.32 Å². The third-order valence-corrected chi connectivity index (χ3v) is 5.19. The molecule has 1 heterocycles. The highest BCUT2D eigenvalue weighted by atomic mass is 35.5. The number of aromatic nitrogens is 2. The van der Waals surface area contributed by atoms with Crippen molar-refractivity contribution in [2.24, 2.45) is 0 Å². The number of carbonyl (C=O) groups excluding carboxylic acids is 2. The van der Waals surface area contributed by atoms with E-state index < -0.39 is 0 Å². The van der Waals surface area contributed by atoms with Gasteiger partial charge in [0.2, 0.25) is 12.3 Å². The van der Waals surface area contributed by atoms with Crippen LogP contribution in [0.5, 0.6) is 0 Å². The number of hydrogen-bond acceptors (Lipinski definition) is 4. The second-order valence-corrected chi connectivity index (χ2v) is 8.29. The lowest BCUT2D eigenvalue weighted by atomic mass is 10.0. The van der Waals surface area contributed by atoms with Gasteiger partial charge in [-0.25, -0.2) is 9.97 Å².